The van der Waals surface area contributed by atoms with Crippen LogP contribution in [0.4, 0.5) is 4.39 Å². The van der Waals surface area contributed by atoms with Crippen molar-refractivity contribution in [1.82, 2.24) is 15.3 Å². The first kappa shape index (κ1) is 15.4. The van der Waals surface area contributed by atoms with Crippen molar-refractivity contribution in [2.24, 2.45) is 0 Å². The molecule has 1 heterocycles. The minimum atomic E-state index is -0.319. The van der Waals surface area contributed by atoms with Crippen LogP contribution < -0.4 is 10.9 Å². The Labute approximate surface area is 133 Å². The Morgan fingerprint density at radius 3 is 2.70 bits per heavy atom. The number of halogens is 1. The molecule has 3 rings (SSSR count). The molecule has 1 amide bonds. The van der Waals surface area contributed by atoms with Crippen LogP contribution in [0, 0.1) is 19.7 Å². The van der Waals surface area contributed by atoms with Crippen molar-refractivity contribution in [3.8, 4) is 0 Å². The van der Waals surface area contributed by atoms with E-state index in [2.05, 4.69) is 15.3 Å². The van der Waals surface area contributed by atoms with Crippen LogP contribution in [-0.4, -0.2) is 21.9 Å². The molecule has 5 nitrogen and oxygen atoms in total. The molecule has 0 spiro atoms. The minimum Gasteiger partial charge on any atom is -0.349 e. The molecule has 6 heteroatoms. The normalized spacial score (nSPS) is 20.0. The van der Waals surface area contributed by atoms with E-state index in [0.29, 0.717) is 17.0 Å². The average Bonchev–Trinajstić information content (AvgIpc) is 2.43. The summed E-state index contributed by atoms with van der Waals surface area (Å²) < 4.78 is 13.2. The molecular weight excluding hydrogens is 297 g/mol. The van der Waals surface area contributed by atoms with Gasteiger partial charge in [0.25, 0.3) is 11.5 Å². The van der Waals surface area contributed by atoms with E-state index in [1.807, 2.05) is 0 Å². The molecule has 2 N–H and O–H groups in total. The summed E-state index contributed by atoms with van der Waals surface area (Å²) in [7, 11) is 0. The summed E-state index contributed by atoms with van der Waals surface area (Å²) in [6.45, 7) is 3.38. The first-order chi connectivity index (χ1) is 10.9. The van der Waals surface area contributed by atoms with Gasteiger partial charge in [0.15, 0.2) is 0 Å². The Hall–Kier alpha value is -2.50. The van der Waals surface area contributed by atoms with Crippen molar-refractivity contribution in [2.75, 3.05) is 0 Å². The molecule has 23 heavy (non-hydrogen) atoms. The summed E-state index contributed by atoms with van der Waals surface area (Å²) in [5, 5.41) is 2.93. The number of aryl methyl sites for hydroxylation is 2. The van der Waals surface area contributed by atoms with E-state index in [9.17, 15) is 14.0 Å². The lowest BCUT2D eigenvalue weighted by molar-refractivity contribution is 0.0908. The summed E-state index contributed by atoms with van der Waals surface area (Å²) in [5.41, 5.74) is 1.53. The SMILES string of the molecule is Cc1nc(C2CC(NC(=O)c3ccc(F)c(C)c3)C2)cc(=O)[nH]1. The number of nitrogens with zero attached hydrogens (tertiary/aromatic N) is 1. The second-order valence-corrected chi connectivity index (χ2v) is 6.06. The molecule has 0 aliphatic heterocycles. The van der Waals surface area contributed by atoms with Crippen molar-refractivity contribution in [3.05, 3.63) is 63.1 Å². The van der Waals surface area contributed by atoms with Gasteiger partial charge in [0.2, 0.25) is 0 Å². The van der Waals surface area contributed by atoms with Crippen molar-refractivity contribution >= 4 is 5.91 Å². The molecule has 120 valence electrons. The van der Waals surface area contributed by atoms with E-state index in [4.69, 9.17) is 0 Å². The van der Waals surface area contributed by atoms with Gasteiger partial charge in [-0.1, -0.05) is 0 Å². The predicted octanol–water partition coefficient (Wildman–Crippen LogP) is 2.20. The Bertz CT molecular complexity index is 810. The molecule has 1 fully saturated rings. The lowest BCUT2D eigenvalue weighted by atomic mass is 9.78. The topological polar surface area (TPSA) is 74.8 Å². The van der Waals surface area contributed by atoms with Crippen LogP contribution in [0.3, 0.4) is 0 Å². The highest BCUT2D eigenvalue weighted by atomic mass is 19.1. The smallest absolute Gasteiger partial charge is 0.251 e. The van der Waals surface area contributed by atoms with E-state index in [1.54, 1.807) is 19.9 Å². The number of carbonyl (C=O) groups excluding carboxylic acids is 1. The minimum absolute atomic E-state index is 0.0549. The van der Waals surface area contributed by atoms with Gasteiger partial charge in [0.05, 0.1) is 5.69 Å². The fraction of sp³-hybridized carbons (Fsp3) is 0.353. The molecule has 1 aliphatic rings. The van der Waals surface area contributed by atoms with Crippen molar-refractivity contribution in [3.63, 3.8) is 0 Å². The van der Waals surface area contributed by atoms with E-state index in [-0.39, 0.29) is 29.2 Å². The van der Waals surface area contributed by atoms with Crippen LogP contribution in [-0.2, 0) is 0 Å². The van der Waals surface area contributed by atoms with Gasteiger partial charge in [0, 0.05) is 23.6 Å². The molecule has 0 atom stereocenters. The third kappa shape index (κ3) is 3.31. The lowest BCUT2D eigenvalue weighted by Gasteiger charge is -2.35. The summed E-state index contributed by atoms with van der Waals surface area (Å²) in [5.74, 6) is 0.269. The zero-order valence-corrected chi connectivity index (χ0v) is 13.0. The third-order valence-electron chi connectivity index (χ3n) is 4.19. The van der Waals surface area contributed by atoms with Gasteiger partial charge in [-0.05, 0) is 50.5 Å². The van der Waals surface area contributed by atoms with Crippen molar-refractivity contribution in [2.45, 2.75) is 38.6 Å². The van der Waals surface area contributed by atoms with Gasteiger partial charge in [0.1, 0.15) is 11.6 Å². The summed E-state index contributed by atoms with van der Waals surface area (Å²) in [6, 6.07) is 5.90. The maximum atomic E-state index is 13.2. The third-order valence-corrected chi connectivity index (χ3v) is 4.19. The number of hydrogen-bond donors (Lipinski definition) is 2. The molecule has 1 aliphatic carbocycles. The van der Waals surface area contributed by atoms with Crippen LogP contribution in [0.5, 0.6) is 0 Å². The molecule has 2 aromatic rings. The van der Waals surface area contributed by atoms with E-state index >= 15 is 0 Å². The van der Waals surface area contributed by atoms with E-state index in [0.717, 1.165) is 18.5 Å². The molecule has 0 bridgehead atoms. The van der Waals surface area contributed by atoms with Gasteiger partial charge >= 0.3 is 0 Å². The maximum absolute atomic E-state index is 13.2. The Morgan fingerprint density at radius 2 is 2.04 bits per heavy atom. The zero-order valence-electron chi connectivity index (χ0n) is 13.0. The van der Waals surface area contributed by atoms with Crippen LogP contribution in [0.25, 0.3) is 0 Å². The Morgan fingerprint density at radius 1 is 1.30 bits per heavy atom. The number of nitrogens with one attached hydrogen (secondary N) is 2. The van der Waals surface area contributed by atoms with Crippen LogP contribution >= 0.6 is 0 Å². The fourth-order valence-electron chi connectivity index (χ4n) is 2.84. The van der Waals surface area contributed by atoms with Crippen molar-refractivity contribution in [1.29, 1.82) is 0 Å². The molecule has 0 unspecified atom stereocenters. The molecule has 1 saturated carbocycles. The second kappa shape index (κ2) is 5.95. The van der Waals surface area contributed by atoms with Gasteiger partial charge in [-0.2, -0.15) is 0 Å². The Balaban J connectivity index is 1.60. The summed E-state index contributed by atoms with van der Waals surface area (Å²) in [4.78, 5) is 30.6. The molecular formula is C17H18FN3O2. The second-order valence-electron chi connectivity index (χ2n) is 6.06. The highest BCUT2D eigenvalue weighted by molar-refractivity contribution is 5.94. The number of hydrogen-bond acceptors (Lipinski definition) is 3. The van der Waals surface area contributed by atoms with Crippen LogP contribution in [0.2, 0.25) is 0 Å². The number of aromatic amines is 1. The highest BCUT2D eigenvalue weighted by Crippen LogP contribution is 2.35. The predicted molar refractivity (Wildman–Crippen MR) is 84.0 cm³/mol. The zero-order chi connectivity index (χ0) is 16.6. The standard InChI is InChI=1S/C17H18FN3O2/c1-9-5-11(3-4-14(9)18)17(23)21-13-6-12(7-13)15-8-16(22)20-10(2)19-15/h3-5,8,12-13H,6-7H2,1-2H3,(H,21,23)(H,19,20,22). The lowest BCUT2D eigenvalue weighted by Crippen LogP contribution is -2.43. The van der Waals surface area contributed by atoms with Gasteiger partial charge in [-0.3, -0.25) is 9.59 Å². The molecule has 1 aromatic heterocycles. The Kier molecular flexibility index (Phi) is 3.98. The highest BCUT2D eigenvalue weighted by Gasteiger charge is 2.32. The molecule has 1 aromatic carbocycles. The van der Waals surface area contributed by atoms with Gasteiger partial charge in [-0.25, -0.2) is 9.37 Å². The number of aromatic nitrogens is 2. The fourth-order valence-corrected chi connectivity index (χ4v) is 2.84. The first-order valence-corrected chi connectivity index (χ1v) is 7.57. The number of benzene rings is 1. The molecule has 0 saturated heterocycles. The van der Waals surface area contributed by atoms with Gasteiger partial charge in [-0.15, -0.1) is 0 Å². The first-order valence-electron chi connectivity index (χ1n) is 7.57. The van der Waals surface area contributed by atoms with Gasteiger partial charge < -0.3 is 10.3 Å². The average molecular weight is 315 g/mol. The van der Waals surface area contributed by atoms with Crippen LogP contribution in [0.15, 0.2) is 29.1 Å². The van der Waals surface area contributed by atoms with Crippen LogP contribution in [0.1, 0.15) is 46.2 Å². The monoisotopic (exact) mass is 315 g/mol. The largest absolute Gasteiger partial charge is 0.349 e. The van der Waals surface area contributed by atoms with E-state index in [1.165, 1.54) is 18.2 Å². The van der Waals surface area contributed by atoms with Crippen molar-refractivity contribution < 1.29 is 9.18 Å². The number of H-pyrrole nitrogens is 1. The number of carbonyl (C=O) groups is 1. The number of amides is 1. The summed E-state index contributed by atoms with van der Waals surface area (Å²) >= 11 is 0. The van der Waals surface area contributed by atoms with E-state index < -0.39 is 0 Å². The summed E-state index contributed by atoms with van der Waals surface area (Å²) in [6.07, 6.45) is 1.50. The quantitative estimate of drug-likeness (QED) is 0.912. The molecule has 0 radical (unpaired) electrons. The number of rotatable bonds is 3. The maximum Gasteiger partial charge on any atom is 0.251 e.